The number of amides is 2. The van der Waals surface area contributed by atoms with Crippen LogP contribution in [-0.2, 0) is 26.2 Å². The Morgan fingerprint density at radius 2 is 1.67 bits per heavy atom. The Labute approximate surface area is 195 Å². The molecule has 0 bridgehead atoms. The van der Waals surface area contributed by atoms with Gasteiger partial charge in [-0.05, 0) is 62.6 Å². The van der Waals surface area contributed by atoms with E-state index in [1.54, 1.807) is 6.92 Å². The van der Waals surface area contributed by atoms with Gasteiger partial charge in [-0.15, -0.1) is 0 Å². The van der Waals surface area contributed by atoms with E-state index in [0.717, 1.165) is 33.8 Å². The van der Waals surface area contributed by atoms with Gasteiger partial charge in [0.25, 0.3) is 0 Å². The second-order valence-electron chi connectivity index (χ2n) is 8.28. The van der Waals surface area contributed by atoms with E-state index < -0.39 is 34.3 Å². The van der Waals surface area contributed by atoms with E-state index in [1.807, 2.05) is 45.0 Å². The first-order chi connectivity index (χ1) is 15.4. The lowest BCUT2D eigenvalue weighted by molar-refractivity contribution is -0.140. The summed E-state index contributed by atoms with van der Waals surface area (Å²) in [6, 6.07) is 11.5. The van der Waals surface area contributed by atoms with Crippen LogP contribution in [0.25, 0.3) is 0 Å². The van der Waals surface area contributed by atoms with E-state index in [1.165, 1.54) is 17.0 Å². The Kier molecular flexibility index (Phi) is 8.99. The van der Waals surface area contributed by atoms with Gasteiger partial charge in [-0.25, -0.2) is 12.8 Å². The monoisotopic (exact) mass is 477 g/mol. The molecule has 0 saturated heterocycles. The second kappa shape index (κ2) is 11.3. The van der Waals surface area contributed by atoms with Crippen LogP contribution in [0.2, 0.25) is 0 Å². The van der Waals surface area contributed by atoms with Crippen molar-refractivity contribution >= 4 is 27.5 Å². The smallest absolute Gasteiger partial charge is 0.244 e. The molecule has 0 saturated carbocycles. The highest BCUT2D eigenvalue weighted by molar-refractivity contribution is 7.92. The average Bonchev–Trinajstić information content (AvgIpc) is 2.72. The standard InChI is InChI=1S/C24H32FN3O4S/c1-6-22(24(30)26-17(2)3)27(15-19-10-8-7-9-18(19)4)23(29)16-28(33(5,31)32)21-13-11-20(25)12-14-21/h7-14,17,22H,6,15-16H2,1-5H3,(H,26,30)/t22-/m0/s1. The SMILES string of the molecule is CC[C@@H](C(=O)NC(C)C)N(Cc1ccccc1C)C(=O)CN(c1ccc(F)cc1)S(C)(=O)=O. The number of benzene rings is 2. The van der Waals surface area contributed by atoms with Crippen molar-refractivity contribution in [3.05, 3.63) is 65.5 Å². The summed E-state index contributed by atoms with van der Waals surface area (Å²) in [5, 5.41) is 2.84. The number of carbonyl (C=O) groups excluding carboxylic acids is 2. The van der Waals surface area contributed by atoms with Gasteiger partial charge < -0.3 is 10.2 Å². The number of anilines is 1. The van der Waals surface area contributed by atoms with Crippen molar-refractivity contribution in [2.24, 2.45) is 0 Å². The fourth-order valence-electron chi connectivity index (χ4n) is 3.49. The Hall–Kier alpha value is -2.94. The molecule has 0 unspecified atom stereocenters. The van der Waals surface area contributed by atoms with Crippen LogP contribution in [0.4, 0.5) is 10.1 Å². The molecule has 0 fully saturated rings. The third kappa shape index (κ3) is 7.28. The zero-order valence-corrected chi connectivity index (χ0v) is 20.5. The van der Waals surface area contributed by atoms with E-state index in [4.69, 9.17) is 0 Å². The van der Waals surface area contributed by atoms with Crippen molar-refractivity contribution in [2.45, 2.75) is 52.7 Å². The molecule has 2 rings (SSSR count). The highest BCUT2D eigenvalue weighted by Crippen LogP contribution is 2.21. The molecule has 9 heteroatoms. The number of rotatable bonds is 10. The molecule has 180 valence electrons. The minimum absolute atomic E-state index is 0.117. The summed E-state index contributed by atoms with van der Waals surface area (Å²) >= 11 is 0. The van der Waals surface area contributed by atoms with Crippen molar-refractivity contribution in [1.29, 1.82) is 0 Å². The summed E-state index contributed by atoms with van der Waals surface area (Å²) in [6.07, 6.45) is 1.34. The van der Waals surface area contributed by atoms with Crippen molar-refractivity contribution in [1.82, 2.24) is 10.2 Å². The number of hydrogen-bond acceptors (Lipinski definition) is 4. The molecule has 2 amide bonds. The van der Waals surface area contributed by atoms with E-state index in [9.17, 15) is 22.4 Å². The molecule has 2 aromatic rings. The van der Waals surface area contributed by atoms with Gasteiger partial charge in [0.2, 0.25) is 21.8 Å². The van der Waals surface area contributed by atoms with Crippen LogP contribution >= 0.6 is 0 Å². The number of aryl methyl sites for hydroxylation is 1. The zero-order valence-electron chi connectivity index (χ0n) is 19.7. The molecule has 1 atom stereocenters. The van der Waals surface area contributed by atoms with E-state index in [-0.39, 0.29) is 24.2 Å². The fraction of sp³-hybridized carbons (Fsp3) is 0.417. The molecule has 2 aromatic carbocycles. The van der Waals surface area contributed by atoms with Gasteiger partial charge in [0.1, 0.15) is 18.4 Å². The van der Waals surface area contributed by atoms with Crippen molar-refractivity contribution < 1.29 is 22.4 Å². The topological polar surface area (TPSA) is 86.8 Å². The first-order valence-electron chi connectivity index (χ1n) is 10.8. The molecular weight excluding hydrogens is 445 g/mol. The van der Waals surface area contributed by atoms with E-state index in [0.29, 0.717) is 6.42 Å². The molecule has 0 aliphatic heterocycles. The number of hydrogen-bond donors (Lipinski definition) is 1. The third-order valence-corrected chi connectivity index (χ3v) is 6.35. The number of halogens is 1. The number of nitrogens with one attached hydrogen (secondary N) is 1. The maximum absolute atomic E-state index is 13.5. The first kappa shape index (κ1) is 26.3. The van der Waals surface area contributed by atoms with Gasteiger partial charge in [0.15, 0.2) is 0 Å². The molecule has 0 radical (unpaired) electrons. The molecular formula is C24H32FN3O4S. The summed E-state index contributed by atoms with van der Waals surface area (Å²) in [5.74, 6) is -1.35. The molecule has 33 heavy (non-hydrogen) atoms. The molecule has 1 N–H and O–H groups in total. The van der Waals surface area contributed by atoms with Gasteiger partial charge >= 0.3 is 0 Å². The van der Waals surface area contributed by atoms with Crippen LogP contribution in [0.5, 0.6) is 0 Å². The Morgan fingerprint density at radius 3 is 2.18 bits per heavy atom. The first-order valence-corrected chi connectivity index (χ1v) is 12.7. The summed E-state index contributed by atoms with van der Waals surface area (Å²) in [4.78, 5) is 27.8. The lowest BCUT2D eigenvalue weighted by Gasteiger charge is -2.33. The largest absolute Gasteiger partial charge is 0.352 e. The van der Waals surface area contributed by atoms with Crippen LogP contribution in [0, 0.1) is 12.7 Å². The average molecular weight is 478 g/mol. The summed E-state index contributed by atoms with van der Waals surface area (Å²) in [5.41, 5.74) is 1.98. The van der Waals surface area contributed by atoms with Gasteiger partial charge in [0, 0.05) is 12.6 Å². The van der Waals surface area contributed by atoms with E-state index >= 15 is 0 Å². The van der Waals surface area contributed by atoms with Crippen LogP contribution in [0.3, 0.4) is 0 Å². The van der Waals surface area contributed by atoms with Crippen LogP contribution in [0.1, 0.15) is 38.3 Å². The highest BCUT2D eigenvalue weighted by atomic mass is 32.2. The zero-order chi connectivity index (χ0) is 24.8. The Morgan fingerprint density at radius 1 is 1.06 bits per heavy atom. The van der Waals surface area contributed by atoms with Crippen molar-refractivity contribution in [3.63, 3.8) is 0 Å². The lowest BCUT2D eigenvalue weighted by Crippen LogP contribution is -2.53. The molecule has 0 spiro atoms. The van der Waals surface area contributed by atoms with Gasteiger partial charge in [-0.3, -0.25) is 13.9 Å². The van der Waals surface area contributed by atoms with Crippen LogP contribution in [0.15, 0.2) is 48.5 Å². The molecule has 0 aliphatic rings. The maximum atomic E-state index is 13.5. The number of carbonyl (C=O) groups is 2. The Bertz CT molecular complexity index is 1070. The predicted molar refractivity (Wildman–Crippen MR) is 128 cm³/mol. The lowest BCUT2D eigenvalue weighted by atomic mass is 10.1. The highest BCUT2D eigenvalue weighted by Gasteiger charge is 2.32. The Balaban J connectivity index is 2.44. The molecule has 0 aliphatic carbocycles. The minimum Gasteiger partial charge on any atom is -0.352 e. The molecule has 7 nitrogen and oxygen atoms in total. The fourth-order valence-corrected chi connectivity index (χ4v) is 4.34. The summed E-state index contributed by atoms with van der Waals surface area (Å²) in [7, 11) is -3.85. The van der Waals surface area contributed by atoms with Crippen molar-refractivity contribution in [3.8, 4) is 0 Å². The van der Waals surface area contributed by atoms with Crippen molar-refractivity contribution in [2.75, 3.05) is 17.1 Å². The van der Waals surface area contributed by atoms with E-state index in [2.05, 4.69) is 5.32 Å². The second-order valence-corrected chi connectivity index (χ2v) is 10.2. The van der Waals surface area contributed by atoms with Crippen LogP contribution < -0.4 is 9.62 Å². The van der Waals surface area contributed by atoms with Crippen LogP contribution in [-0.4, -0.2) is 50.0 Å². The third-order valence-electron chi connectivity index (χ3n) is 5.21. The quantitative estimate of drug-likeness (QED) is 0.569. The summed E-state index contributed by atoms with van der Waals surface area (Å²) in [6.45, 7) is 7.01. The number of nitrogens with zero attached hydrogens (tertiary/aromatic N) is 2. The normalized spacial score (nSPS) is 12.3. The van der Waals surface area contributed by atoms with Gasteiger partial charge in [0.05, 0.1) is 11.9 Å². The molecule has 0 aromatic heterocycles. The van der Waals surface area contributed by atoms with Gasteiger partial charge in [-0.2, -0.15) is 0 Å². The summed E-state index contributed by atoms with van der Waals surface area (Å²) < 4.78 is 39.3. The maximum Gasteiger partial charge on any atom is 0.244 e. The minimum atomic E-state index is -3.85. The number of sulfonamides is 1. The predicted octanol–water partition coefficient (Wildman–Crippen LogP) is 3.23. The molecule has 0 heterocycles. The van der Waals surface area contributed by atoms with Gasteiger partial charge in [-0.1, -0.05) is 31.2 Å².